The van der Waals surface area contributed by atoms with Crippen LogP contribution in [0.5, 0.6) is 5.75 Å². The minimum Gasteiger partial charge on any atom is -0.497 e. The van der Waals surface area contributed by atoms with E-state index in [-0.39, 0.29) is 28.2 Å². The highest BCUT2D eigenvalue weighted by Gasteiger charge is 2.40. The quantitative estimate of drug-likeness (QED) is 0.152. The van der Waals surface area contributed by atoms with Crippen molar-refractivity contribution < 1.29 is 18.3 Å². The van der Waals surface area contributed by atoms with Gasteiger partial charge in [-0.05, 0) is 60.9 Å². The van der Waals surface area contributed by atoms with E-state index in [0.29, 0.717) is 13.2 Å². The largest absolute Gasteiger partial charge is 0.497 e. The van der Waals surface area contributed by atoms with Crippen LogP contribution < -0.4 is 4.74 Å². The molecule has 1 aromatic rings. The van der Waals surface area contributed by atoms with E-state index in [2.05, 4.69) is 122 Å². The second kappa shape index (κ2) is 14.3. The lowest BCUT2D eigenvalue weighted by Gasteiger charge is -2.40. The molecular formula is C31H55BrO4Si2. The maximum absolute atomic E-state index is 6.82. The van der Waals surface area contributed by atoms with Crippen LogP contribution >= 0.6 is 15.9 Å². The maximum Gasteiger partial charge on any atom is 0.192 e. The van der Waals surface area contributed by atoms with Crippen molar-refractivity contribution in [3.8, 4) is 5.75 Å². The number of hydrogen-bond acceptors (Lipinski definition) is 4. The van der Waals surface area contributed by atoms with E-state index >= 15 is 0 Å². The number of halogens is 1. The van der Waals surface area contributed by atoms with E-state index in [0.717, 1.165) is 22.2 Å². The third-order valence-corrected chi connectivity index (χ3v) is 17.7. The van der Waals surface area contributed by atoms with Gasteiger partial charge < -0.3 is 18.3 Å². The van der Waals surface area contributed by atoms with E-state index in [1.54, 1.807) is 7.11 Å². The molecule has 0 bridgehead atoms. The molecule has 0 saturated carbocycles. The molecule has 0 fully saturated rings. The Kier molecular flexibility index (Phi) is 13.3. The summed E-state index contributed by atoms with van der Waals surface area (Å²) >= 11 is 3.67. The predicted octanol–water partition coefficient (Wildman–Crippen LogP) is 9.87. The van der Waals surface area contributed by atoms with Crippen molar-refractivity contribution >= 4 is 32.6 Å². The highest BCUT2D eigenvalue weighted by Crippen LogP contribution is 2.40. The summed E-state index contributed by atoms with van der Waals surface area (Å²) in [5.74, 6) is 1.02. The van der Waals surface area contributed by atoms with Gasteiger partial charge in [0, 0.05) is 16.8 Å². The van der Waals surface area contributed by atoms with Crippen molar-refractivity contribution in [2.75, 3.05) is 13.7 Å². The summed E-state index contributed by atoms with van der Waals surface area (Å²) in [5.41, 5.74) is 2.35. The second-order valence-corrected chi connectivity index (χ2v) is 24.3. The van der Waals surface area contributed by atoms with Gasteiger partial charge in [0.15, 0.2) is 16.6 Å². The van der Waals surface area contributed by atoms with Gasteiger partial charge in [-0.25, -0.2) is 0 Å². The lowest BCUT2D eigenvalue weighted by molar-refractivity contribution is -0.00605. The van der Waals surface area contributed by atoms with Crippen LogP contribution in [0.4, 0.5) is 0 Å². The molecule has 0 aliphatic rings. The van der Waals surface area contributed by atoms with Crippen LogP contribution in [0.3, 0.4) is 0 Å². The molecule has 218 valence electrons. The summed E-state index contributed by atoms with van der Waals surface area (Å²) in [5, 5.41) is 0.295. The summed E-state index contributed by atoms with van der Waals surface area (Å²) in [7, 11) is -2.14. The molecule has 7 heteroatoms. The Morgan fingerprint density at radius 3 is 1.95 bits per heavy atom. The van der Waals surface area contributed by atoms with Crippen LogP contribution in [0.2, 0.25) is 36.3 Å². The van der Waals surface area contributed by atoms with Gasteiger partial charge in [0.05, 0.1) is 32.5 Å². The molecular weight excluding hydrogens is 572 g/mol. The fourth-order valence-corrected chi connectivity index (χ4v) is 6.24. The van der Waals surface area contributed by atoms with Crippen LogP contribution in [0.1, 0.15) is 67.4 Å². The first-order valence-electron chi connectivity index (χ1n) is 13.8. The van der Waals surface area contributed by atoms with Gasteiger partial charge in [-0.2, -0.15) is 0 Å². The molecule has 0 N–H and O–H groups in total. The van der Waals surface area contributed by atoms with Gasteiger partial charge in [0.2, 0.25) is 0 Å². The number of hydrogen-bond donors (Lipinski definition) is 0. The molecule has 1 aromatic carbocycles. The second-order valence-electron chi connectivity index (χ2n) is 13.7. The van der Waals surface area contributed by atoms with Gasteiger partial charge >= 0.3 is 0 Å². The van der Waals surface area contributed by atoms with Crippen molar-refractivity contribution in [3.63, 3.8) is 0 Å². The average Bonchev–Trinajstić information content (AvgIpc) is 2.78. The van der Waals surface area contributed by atoms with E-state index in [9.17, 15) is 0 Å². The van der Waals surface area contributed by atoms with Crippen molar-refractivity contribution in [1.82, 2.24) is 0 Å². The smallest absolute Gasteiger partial charge is 0.192 e. The standard InChI is InChI=1S/C31H55BrO4Si2/c1-23(21-35-37(11,12)30(4,5)6)19-24(2)28(34-22-26-15-17-27(33-10)18-16-26)20-29(25(3)32)36-38(13,14)31(7,8)9/h15-19,24,28-29H,3,20-22H2,1-2,4-14H3/b23-19+/t24-,28+,29+/m1/s1. The van der Waals surface area contributed by atoms with Crippen LogP contribution in [0.15, 0.2) is 47.0 Å². The molecule has 38 heavy (non-hydrogen) atoms. The Bertz CT molecular complexity index is 911. The number of benzene rings is 1. The van der Waals surface area contributed by atoms with Gasteiger partial charge in [-0.1, -0.05) is 94.8 Å². The highest BCUT2D eigenvalue weighted by atomic mass is 79.9. The molecule has 0 spiro atoms. The van der Waals surface area contributed by atoms with Crippen molar-refractivity contribution in [2.24, 2.45) is 5.92 Å². The molecule has 0 heterocycles. The monoisotopic (exact) mass is 626 g/mol. The van der Waals surface area contributed by atoms with E-state index in [1.807, 2.05) is 12.1 Å². The number of ether oxygens (including phenoxy) is 2. The van der Waals surface area contributed by atoms with Gasteiger partial charge in [0.25, 0.3) is 0 Å². The maximum atomic E-state index is 6.82. The third kappa shape index (κ3) is 11.0. The van der Waals surface area contributed by atoms with Crippen molar-refractivity contribution in [3.05, 3.63) is 52.5 Å². The molecule has 0 aromatic heterocycles. The molecule has 4 nitrogen and oxygen atoms in total. The fraction of sp³-hybridized carbons (Fsp3) is 0.677. The SMILES string of the molecule is C=C(Br)[C@H](C[C@H](OCc1ccc(OC)cc1)[C@H](C)/C=C(\C)CO[Si](C)(C)C(C)(C)C)O[Si](C)(C)C(C)(C)C. The lowest BCUT2D eigenvalue weighted by atomic mass is 9.96. The first-order valence-corrected chi connectivity index (χ1v) is 20.4. The van der Waals surface area contributed by atoms with Gasteiger partial charge in [-0.15, -0.1) is 0 Å². The van der Waals surface area contributed by atoms with Crippen molar-refractivity contribution in [2.45, 2.75) is 117 Å². The van der Waals surface area contributed by atoms with Crippen LogP contribution in [-0.4, -0.2) is 42.6 Å². The number of rotatable bonds is 14. The van der Waals surface area contributed by atoms with Crippen LogP contribution in [0, 0.1) is 5.92 Å². The molecule has 0 amide bonds. The predicted molar refractivity (Wildman–Crippen MR) is 172 cm³/mol. The molecule has 0 unspecified atom stereocenters. The van der Waals surface area contributed by atoms with E-state index in [4.69, 9.17) is 18.3 Å². The van der Waals surface area contributed by atoms with E-state index in [1.165, 1.54) is 5.57 Å². The summed E-state index contributed by atoms with van der Waals surface area (Å²) in [6.45, 7) is 32.6. The molecule has 1 rings (SSSR count). The first-order chi connectivity index (χ1) is 17.2. The molecule has 0 saturated heterocycles. The lowest BCUT2D eigenvalue weighted by Crippen LogP contribution is -2.45. The van der Waals surface area contributed by atoms with E-state index < -0.39 is 16.6 Å². The fourth-order valence-electron chi connectivity index (χ4n) is 3.46. The molecule has 0 aliphatic carbocycles. The van der Waals surface area contributed by atoms with Crippen molar-refractivity contribution in [1.29, 1.82) is 0 Å². The molecule has 3 atom stereocenters. The minimum absolute atomic E-state index is 0.0519. The zero-order valence-corrected chi connectivity index (χ0v) is 30.0. The summed E-state index contributed by atoms with van der Waals surface area (Å²) < 4.78 is 26.1. The normalized spacial score (nSPS) is 16.2. The first kappa shape index (κ1) is 35.3. The summed E-state index contributed by atoms with van der Waals surface area (Å²) in [6.07, 6.45) is 2.85. The average molecular weight is 628 g/mol. The number of methoxy groups -OCH3 is 1. The minimum atomic E-state index is -2.00. The summed E-state index contributed by atoms with van der Waals surface area (Å²) in [4.78, 5) is 0. The highest BCUT2D eigenvalue weighted by molar-refractivity contribution is 9.11. The third-order valence-electron chi connectivity index (χ3n) is 8.26. The Hall–Kier alpha value is -0.706. The summed E-state index contributed by atoms with van der Waals surface area (Å²) in [6, 6.07) is 8.07. The zero-order valence-electron chi connectivity index (χ0n) is 26.5. The molecule has 0 radical (unpaired) electrons. The van der Waals surface area contributed by atoms with Gasteiger partial charge in [-0.3, -0.25) is 0 Å². The Morgan fingerprint density at radius 2 is 1.50 bits per heavy atom. The topological polar surface area (TPSA) is 36.9 Å². The molecule has 0 aliphatic heterocycles. The van der Waals surface area contributed by atoms with Gasteiger partial charge in [0.1, 0.15) is 5.75 Å². The van der Waals surface area contributed by atoms with Crippen LogP contribution in [-0.2, 0) is 20.2 Å². The van der Waals surface area contributed by atoms with Crippen LogP contribution in [0.25, 0.3) is 0 Å². The Labute approximate surface area is 245 Å². The Morgan fingerprint density at radius 1 is 0.974 bits per heavy atom. The zero-order chi connectivity index (χ0) is 29.5. The Balaban J connectivity index is 3.15.